The van der Waals surface area contributed by atoms with Gasteiger partial charge in [-0.2, -0.15) is 0 Å². The lowest BCUT2D eigenvalue weighted by Gasteiger charge is -2.14. The van der Waals surface area contributed by atoms with Crippen LogP contribution in [0, 0.1) is 0 Å². The zero-order valence-corrected chi connectivity index (χ0v) is 18.3. The van der Waals surface area contributed by atoms with E-state index in [1.54, 1.807) is 42.6 Å². The van der Waals surface area contributed by atoms with Gasteiger partial charge in [0.25, 0.3) is 11.8 Å². The van der Waals surface area contributed by atoms with Crippen molar-refractivity contribution in [2.24, 2.45) is 0 Å². The molecule has 1 N–H and O–H groups in total. The average Bonchev–Trinajstić information content (AvgIpc) is 3.03. The van der Waals surface area contributed by atoms with Crippen molar-refractivity contribution in [2.45, 2.75) is 19.2 Å². The molecule has 4 rings (SSSR count). The molecule has 160 valence electrons. The first kappa shape index (κ1) is 21.5. The van der Waals surface area contributed by atoms with Crippen LogP contribution in [0.5, 0.6) is 0 Å². The molecule has 0 aliphatic carbocycles. The minimum atomic E-state index is -0.344. The maximum Gasteiger partial charge on any atom is 0.268 e. The fraction of sp³-hybridized carbons (Fsp3) is 0.120. The summed E-state index contributed by atoms with van der Waals surface area (Å²) >= 11 is 1.36. The smallest absolute Gasteiger partial charge is 0.268 e. The van der Waals surface area contributed by atoms with Gasteiger partial charge in [-0.05, 0) is 35.4 Å². The van der Waals surface area contributed by atoms with Crippen LogP contribution < -0.4 is 5.32 Å². The summed E-state index contributed by atoms with van der Waals surface area (Å²) < 4.78 is 0. The second-order valence-corrected chi connectivity index (χ2v) is 8.24. The molecular formula is C25H21N3O3S. The Kier molecular flexibility index (Phi) is 6.47. The molecule has 1 aromatic heterocycles. The van der Waals surface area contributed by atoms with E-state index in [9.17, 15) is 14.4 Å². The monoisotopic (exact) mass is 443 g/mol. The van der Waals surface area contributed by atoms with E-state index < -0.39 is 0 Å². The number of imide groups is 1. The molecule has 0 spiro atoms. The number of rotatable bonds is 7. The number of anilines is 1. The van der Waals surface area contributed by atoms with Gasteiger partial charge in [0.05, 0.1) is 22.7 Å². The van der Waals surface area contributed by atoms with Gasteiger partial charge >= 0.3 is 0 Å². The highest BCUT2D eigenvalue weighted by Crippen LogP contribution is 2.38. The topological polar surface area (TPSA) is 79.4 Å². The van der Waals surface area contributed by atoms with E-state index >= 15 is 0 Å². The number of hydrogen-bond acceptors (Lipinski definition) is 5. The molecule has 32 heavy (non-hydrogen) atoms. The van der Waals surface area contributed by atoms with E-state index in [0.29, 0.717) is 33.2 Å². The van der Waals surface area contributed by atoms with Gasteiger partial charge < -0.3 is 5.32 Å². The Morgan fingerprint density at radius 1 is 0.938 bits per heavy atom. The minimum Gasteiger partial charge on any atom is -0.326 e. The molecule has 0 radical (unpaired) electrons. The van der Waals surface area contributed by atoms with Crippen LogP contribution in [-0.2, 0) is 26.7 Å². The summed E-state index contributed by atoms with van der Waals surface area (Å²) in [7, 11) is 0. The Morgan fingerprint density at radius 3 is 2.31 bits per heavy atom. The second kappa shape index (κ2) is 9.62. The molecule has 7 heteroatoms. The van der Waals surface area contributed by atoms with E-state index in [4.69, 9.17) is 0 Å². The molecule has 0 unspecified atom stereocenters. The van der Waals surface area contributed by atoms with Crippen molar-refractivity contribution in [3.63, 3.8) is 0 Å². The van der Waals surface area contributed by atoms with Gasteiger partial charge in [0.15, 0.2) is 0 Å². The second-order valence-electron chi connectivity index (χ2n) is 7.25. The molecule has 0 saturated carbocycles. The number of amides is 3. The van der Waals surface area contributed by atoms with Crippen LogP contribution in [0.1, 0.15) is 23.7 Å². The molecule has 0 fully saturated rings. The standard InChI is InChI=1S/C25H21N3O3S/c1-17(29)27-20-12-10-19(11-13-20)22-23(32-16-18-7-3-2-4-8-18)25(31)28(24(22)30)15-21-9-5-6-14-26-21/h2-14H,15-16H2,1H3,(H,27,29). The highest BCUT2D eigenvalue weighted by molar-refractivity contribution is 8.03. The number of carbonyl (C=O) groups excluding carboxylic acids is 3. The van der Waals surface area contributed by atoms with E-state index in [1.165, 1.54) is 23.6 Å². The van der Waals surface area contributed by atoms with Crippen molar-refractivity contribution < 1.29 is 14.4 Å². The number of pyridine rings is 1. The Morgan fingerprint density at radius 2 is 1.66 bits per heavy atom. The molecule has 2 heterocycles. The van der Waals surface area contributed by atoms with Gasteiger partial charge in [-0.1, -0.05) is 48.5 Å². The lowest BCUT2D eigenvalue weighted by Crippen LogP contribution is -2.31. The van der Waals surface area contributed by atoms with Gasteiger partial charge in [-0.3, -0.25) is 24.3 Å². The first-order valence-corrected chi connectivity index (χ1v) is 11.1. The van der Waals surface area contributed by atoms with Gasteiger partial charge in [0.2, 0.25) is 5.91 Å². The Hall–Kier alpha value is -3.71. The molecule has 3 aromatic rings. The van der Waals surface area contributed by atoms with E-state index in [2.05, 4.69) is 10.3 Å². The zero-order valence-electron chi connectivity index (χ0n) is 17.4. The third-order valence-electron chi connectivity index (χ3n) is 4.89. The van der Waals surface area contributed by atoms with Gasteiger partial charge in [-0.25, -0.2) is 0 Å². The van der Waals surface area contributed by atoms with Gasteiger partial charge in [-0.15, -0.1) is 11.8 Å². The Labute approximate surface area is 190 Å². The highest BCUT2D eigenvalue weighted by atomic mass is 32.2. The largest absolute Gasteiger partial charge is 0.326 e. The summed E-state index contributed by atoms with van der Waals surface area (Å²) in [6, 6.07) is 22.2. The molecule has 2 aromatic carbocycles. The lowest BCUT2D eigenvalue weighted by molar-refractivity contribution is -0.137. The van der Waals surface area contributed by atoms with Crippen molar-refractivity contribution in [1.29, 1.82) is 0 Å². The van der Waals surface area contributed by atoms with Crippen molar-refractivity contribution >= 4 is 40.7 Å². The molecule has 0 saturated heterocycles. The zero-order chi connectivity index (χ0) is 22.5. The predicted octanol–water partition coefficient (Wildman–Crippen LogP) is 4.25. The fourth-order valence-electron chi connectivity index (χ4n) is 3.39. The molecule has 3 amide bonds. The SMILES string of the molecule is CC(=O)Nc1ccc(C2=C(SCc3ccccc3)C(=O)N(Cc3ccccn3)C2=O)cc1. The minimum absolute atomic E-state index is 0.112. The van der Waals surface area contributed by atoms with E-state index in [1.807, 2.05) is 36.4 Å². The maximum atomic E-state index is 13.3. The van der Waals surface area contributed by atoms with Crippen molar-refractivity contribution in [1.82, 2.24) is 9.88 Å². The summed E-state index contributed by atoms with van der Waals surface area (Å²) in [6.45, 7) is 1.55. The number of nitrogens with one attached hydrogen (secondary N) is 1. The third-order valence-corrected chi connectivity index (χ3v) is 6.04. The summed E-state index contributed by atoms with van der Waals surface area (Å²) in [4.78, 5) is 43.8. The van der Waals surface area contributed by atoms with Crippen LogP contribution in [0.25, 0.3) is 5.57 Å². The fourth-order valence-corrected chi connectivity index (χ4v) is 4.48. The number of hydrogen-bond donors (Lipinski definition) is 1. The number of carbonyl (C=O) groups is 3. The third kappa shape index (κ3) is 4.78. The first-order chi connectivity index (χ1) is 15.5. The molecule has 6 nitrogen and oxygen atoms in total. The van der Waals surface area contributed by atoms with Crippen LogP contribution in [0.2, 0.25) is 0 Å². The van der Waals surface area contributed by atoms with Crippen molar-refractivity contribution in [3.05, 3.63) is 101 Å². The lowest BCUT2D eigenvalue weighted by atomic mass is 10.1. The molecule has 1 aliphatic rings. The van der Waals surface area contributed by atoms with Crippen LogP contribution in [0.4, 0.5) is 5.69 Å². The summed E-state index contributed by atoms with van der Waals surface area (Å²) in [5, 5.41) is 2.71. The van der Waals surface area contributed by atoms with Crippen LogP contribution >= 0.6 is 11.8 Å². The number of nitrogens with zero attached hydrogens (tertiary/aromatic N) is 2. The normalized spacial score (nSPS) is 13.6. The number of aromatic nitrogens is 1. The summed E-state index contributed by atoms with van der Waals surface area (Å²) in [5.41, 5.74) is 3.35. The molecule has 0 atom stereocenters. The summed E-state index contributed by atoms with van der Waals surface area (Å²) in [5.74, 6) is -0.268. The van der Waals surface area contributed by atoms with E-state index in [0.717, 1.165) is 5.56 Å². The van der Waals surface area contributed by atoms with Crippen LogP contribution in [-0.4, -0.2) is 27.6 Å². The first-order valence-electron chi connectivity index (χ1n) is 10.1. The maximum absolute atomic E-state index is 13.3. The molecule has 0 bridgehead atoms. The number of thioether (sulfide) groups is 1. The highest BCUT2D eigenvalue weighted by Gasteiger charge is 2.39. The van der Waals surface area contributed by atoms with Gasteiger partial charge in [0.1, 0.15) is 0 Å². The van der Waals surface area contributed by atoms with Crippen molar-refractivity contribution in [2.75, 3.05) is 5.32 Å². The quantitative estimate of drug-likeness (QED) is 0.552. The Balaban J connectivity index is 1.66. The summed E-state index contributed by atoms with van der Waals surface area (Å²) in [6.07, 6.45) is 1.64. The molecule has 1 aliphatic heterocycles. The average molecular weight is 444 g/mol. The Bertz CT molecular complexity index is 1180. The van der Waals surface area contributed by atoms with Crippen LogP contribution in [0.3, 0.4) is 0 Å². The van der Waals surface area contributed by atoms with E-state index in [-0.39, 0.29) is 24.3 Å². The van der Waals surface area contributed by atoms with Crippen molar-refractivity contribution in [3.8, 4) is 0 Å². The number of benzene rings is 2. The molecular weight excluding hydrogens is 422 g/mol. The van der Waals surface area contributed by atoms with Gasteiger partial charge in [0, 0.05) is 24.6 Å². The van der Waals surface area contributed by atoms with Crippen LogP contribution in [0.15, 0.2) is 83.9 Å². The predicted molar refractivity (Wildman–Crippen MR) is 125 cm³/mol.